The molecule has 0 radical (unpaired) electrons. The van der Waals surface area contributed by atoms with Gasteiger partial charge in [-0.1, -0.05) is 23.7 Å². The van der Waals surface area contributed by atoms with Gasteiger partial charge in [0.15, 0.2) is 5.01 Å². The maximum absolute atomic E-state index is 12.6. The molecule has 0 unspecified atom stereocenters. The number of rotatable bonds is 3. The van der Waals surface area contributed by atoms with Gasteiger partial charge in [0, 0.05) is 23.3 Å². The van der Waals surface area contributed by atoms with Crippen molar-refractivity contribution in [2.24, 2.45) is 5.92 Å². The van der Waals surface area contributed by atoms with E-state index in [-0.39, 0.29) is 11.9 Å². The van der Waals surface area contributed by atoms with Crippen molar-refractivity contribution in [3.63, 3.8) is 0 Å². The highest BCUT2D eigenvalue weighted by Crippen LogP contribution is 2.33. The van der Waals surface area contributed by atoms with Crippen molar-refractivity contribution in [1.29, 1.82) is 0 Å². The van der Waals surface area contributed by atoms with E-state index in [1.165, 1.54) is 24.2 Å². The van der Waals surface area contributed by atoms with Crippen LogP contribution in [0.5, 0.6) is 0 Å². The van der Waals surface area contributed by atoms with Gasteiger partial charge in [0.05, 0.1) is 4.88 Å². The number of piperidine rings is 3. The number of hydrogen-bond acceptors (Lipinski definition) is 4. The molecule has 1 N–H and O–H groups in total. The Hall–Kier alpha value is -1.43. The Balaban J connectivity index is 1.49. The first-order chi connectivity index (χ1) is 11.6. The molecule has 3 fully saturated rings. The van der Waals surface area contributed by atoms with Crippen LogP contribution in [0, 0.1) is 5.92 Å². The standard InChI is InChI=1S/C18H20ClN3OS/c1-11-16(12-5-7-22(11)8-6-12)21-17(23)18-20-10-15(24-18)13-3-2-4-14(19)9-13/h2-4,9-12,16H,5-8H2,1H3,(H,21,23)/t11-,16-/m0/s1. The lowest BCUT2D eigenvalue weighted by molar-refractivity contribution is 0.0217. The van der Waals surface area contributed by atoms with Gasteiger partial charge in [0.25, 0.3) is 5.91 Å². The zero-order chi connectivity index (χ0) is 16.7. The van der Waals surface area contributed by atoms with Gasteiger partial charge in [-0.25, -0.2) is 4.98 Å². The van der Waals surface area contributed by atoms with Gasteiger partial charge in [-0.3, -0.25) is 9.69 Å². The molecule has 1 amide bonds. The summed E-state index contributed by atoms with van der Waals surface area (Å²) in [6.07, 6.45) is 4.12. The number of benzene rings is 1. The minimum Gasteiger partial charge on any atom is -0.345 e. The fraction of sp³-hybridized carbons (Fsp3) is 0.444. The zero-order valence-corrected chi connectivity index (χ0v) is 15.1. The molecule has 6 heteroatoms. The number of aromatic nitrogens is 1. The molecule has 1 aromatic carbocycles. The van der Waals surface area contributed by atoms with Gasteiger partial charge >= 0.3 is 0 Å². The summed E-state index contributed by atoms with van der Waals surface area (Å²) in [5.74, 6) is 0.542. The quantitative estimate of drug-likeness (QED) is 0.907. The average molecular weight is 362 g/mol. The molecule has 5 rings (SSSR count). The second-order valence-corrected chi connectivity index (χ2v) is 8.12. The SMILES string of the molecule is C[C@H]1[C@H](NC(=O)c2ncc(-c3cccc(Cl)c3)s2)C2CCN1CC2. The molecule has 3 aliphatic heterocycles. The van der Waals surface area contributed by atoms with Gasteiger partial charge in [-0.2, -0.15) is 0 Å². The van der Waals surface area contributed by atoms with E-state index in [0.29, 0.717) is 22.0 Å². The van der Waals surface area contributed by atoms with E-state index in [0.717, 1.165) is 23.5 Å². The van der Waals surface area contributed by atoms with Crippen molar-refractivity contribution in [2.45, 2.75) is 31.8 Å². The lowest BCUT2D eigenvalue weighted by Gasteiger charge is -2.49. The summed E-state index contributed by atoms with van der Waals surface area (Å²) in [5.41, 5.74) is 0.996. The van der Waals surface area contributed by atoms with Crippen LogP contribution in [0.2, 0.25) is 5.02 Å². The smallest absolute Gasteiger partial charge is 0.280 e. The van der Waals surface area contributed by atoms with Crippen LogP contribution in [0.25, 0.3) is 10.4 Å². The van der Waals surface area contributed by atoms with Crippen molar-refractivity contribution in [3.8, 4) is 10.4 Å². The summed E-state index contributed by atoms with van der Waals surface area (Å²) in [5, 5.41) is 4.44. The monoisotopic (exact) mass is 361 g/mol. The van der Waals surface area contributed by atoms with Crippen LogP contribution < -0.4 is 5.32 Å². The molecule has 4 nitrogen and oxygen atoms in total. The molecule has 0 aliphatic carbocycles. The highest BCUT2D eigenvalue weighted by Gasteiger charge is 2.40. The van der Waals surface area contributed by atoms with E-state index in [9.17, 15) is 4.79 Å². The minimum atomic E-state index is -0.0566. The van der Waals surface area contributed by atoms with Crippen molar-refractivity contribution in [3.05, 3.63) is 40.5 Å². The Morgan fingerprint density at radius 2 is 2.17 bits per heavy atom. The van der Waals surface area contributed by atoms with E-state index in [2.05, 4.69) is 22.1 Å². The first-order valence-corrected chi connectivity index (χ1v) is 9.58. The van der Waals surface area contributed by atoms with E-state index in [1.54, 1.807) is 6.20 Å². The predicted molar refractivity (Wildman–Crippen MR) is 97.6 cm³/mol. The lowest BCUT2D eigenvalue weighted by atomic mass is 9.79. The molecule has 2 aromatic rings. The summed E-state index contributed by atoms with van der Waals surface area (Å²) >= 11 is 7.46. The third-order valence-electron chi connectivity index (χ3n) is 5.28. The first-order valence-electron chi connectivity index (χ1n) is 8.38. The lowest BCUT2D eigenvalue weighted by Crippen LogP contribution is -2.62. The molecule has 2 atom stereocenters. The summed E-state index contributed by atoms with van der Waals surface area (Å²) in [4.78, 5) is 20.4. The third kappa shape index (κ3) is 2.96. The Kier molecular flexibility index (Phi) is 4.33. The van der Waals surface area contributed by atoms with Crippen LogP contribution in [0.4, 0.5) is 0 Å². The average Bonchev–Trinajstić information content (AvgIpc) is 3.09. The van der Waals surface area contributed by atoms with E-state index in [1.807, 2.05) is 24.3 Å². The Labute approximate surface area is 150 Å². The van der Waals surface area contributed by atoms with Crippen molar-refractivity contribution < 1.29 is 4.79 Å². The number of hydrogen-bond donors (Lipinski definition) is 1. The van der Waals surface area contributed by atoms with Crippen LogP contribution in [0.1, 0.15) is 29.6 Å². The predicted octanol–water partition coefficient (Wildman–Crippen LogP) is 3.68. The maximum Gasteiger partial charge on any atom is 0.280 e. The number of carbonyl (C=O) groups is 1. The summed E-state index contributed by atoms with van der Waals surface area (Å²) in [6, 6.07) is 8.27. The maximum atomic E-state index is 12.6. The number of fused-ring (bicyclic) bond motifs is 3. The van der Waals surface area contributed by atoms with Gasteiger partial charge in [0.1, 0.15) is 0 Å². The van der Waals surface area contributed by atoms with E-state index in [4.69, 9.17) is 11.6 Å². The second kappa shape index (κ2) is 6.47. The number of halogens is 1. The highest BCUT2D eigenvalue weighted by molar-refractivity contribution is 7.17. The summed E-state index contributed by atoms with van der Waals surface area (Å²) in [6.45, 7) is 4.54. The van der Waals surface area contributed by atoms with Gasteiger partial charge in [-0.15, -0.1) is 11.3 Å². The Morgan fingerprint density at radius 1 is 1.38 bits per heavy atom. The van der Waals surface area contributed by atoms with Gasteiger partial charge in [-0.05, 0) is 56.5 Å². The molecule has 126 valence electrons. The molecular formula is C18H20ClN3OS. The highest BCUT2D eigenvalue weighted by atomic mass is 35.5. The van der Waals surface area contributed by atoms with E-state index < -0.39 is 0 Å². The number of carbonyl (C=O) groups excluding carboxylic acids is 1. The number of thiazole rings is 1. The molecule has 2 bridgehead atoms. The molecule has 0 saturated carbocycles. The van der Waals surface area contributed by atoms with E-state index >= 15 is 0 Å². The van der Waals surface area contributed by atoms with Gasteiger partial charge < -0.3 is 5.32 Å². The molecular weight excluding hydrogens is 342 g/mol. The Morgan fingerprint density at radius 3 is 2.88 bits per heavy atom. The van der Waals surface area contributed by atoms with Crippen LogP contribution in [0.3, 0.4) is 0 Å². The van der Waals surface area contributed by atoms with Crippen LogP contribution in [-0.2, 0) is 0 Å². The minimum absolute atomic E-state index is 0.0566. The largest absolute Gasteiger partial charge is 0.345 e. The van der Waals surface area contributed by atoms with Crippen molar-refractivity contribution in [2.75, 3.05) is 13.1 Å². The van der Waals surface area contributed by atoms with Crippen molar-refractivity contribution >= 4 is 28.8 Å². The molecule has 3 aliphatic rings. The molecule has 4 heterocycles. The molecule has 3 saturated heterocycles. The molecule has 1 aromatic heterocycles. The zero-order valence-electron chi connectivity index (χ0n) is 13.5. The number of nitrogens with zero attached hydrogens (tertiary/aromatic N) is 2. The number of amides is 1. The summed E-state index contributed by atoms with van der Waals surface area (Å²) < 4.78 is 0. The normalized spacial score (nSPS) is 28.8. The fourth-order valence-electron chi connectivity index (χ4n) is 3.91. The third-order valence-corrected chi connectivity index (χ3v) is 6.56. The Bertz CT molecular complexity index is 752. The van der Waals surface area contributed by atoms with Crippen molar-refractivity contribution in [1.82, 2.24) is 15.2 Å². The number of nitrogens with one attached hydrogen (secondary N) is 1. The molecule has 24 heavy (non-hydrogen) atoms. The second-order valence-electron chi connectivity index (χ2n) is 6.65. The van der Waals surface area contributed by atoms with Gasteiger partial charge in [0.2, 0.25) is 0 Å². The molecule has 0 spiro atoms. The fourth-order valence-corrected chi connectivity index (χ4v) is 4.92. The van der Waals surface area contributed by atoms with Crippen LogP contribution >= 0.6 is 22.9 Å². The first kappa shape index (κ1) is 16.1. The summed E-state index contributed by atoms with van der Waals surface area (Å²) in [7, 11) is 0. The topological polar surface area (TPSA) is 45.2 Å². The van der Waals surface area contributed by atoms with Crippen LogP contribution in [0.15, 0.2) is 30.5 Å². The van der Waals surface area contributed by atoms with Crippen LogP contribution in [-0.4, -0.2) is 41.0 Å².